The molecule has 2 aliphatic rings. The van der Waals surface area contributed by atoms with Gasteiger partial charge in [0, 0.05) is 41.4 Å². The summed E-state index contributed by atoms with van der Waals surface area (Å²) < 4.78 is 4.53. The van der Waals surface area contributed by atoms with Crippen LogP contribution in [0.25, 0.3) is 11.1 Å². The van der Waals surface area contributed by atoms with Crippen LogP contribution in [0.2, 0.25) is 5.02 Å². The summed E-state index contributed by atoms with van der Waals surface area (Å²) in [6, 6.07) is 9.45. The van der Waals surface area contributed by atoms with Crippen LogP contribution in [0.1, 0.15) is 44.1 Å². The molecular weight excluding hydrogens is 404 g/mol. The molecule has 1 atom stereocenters. The highest BCUT2D eigenvalue weighted by atomic mass is 35.5. The average Bonchev–Trinajstić information content (AvgIpc) is 3.10. The first-order chi connectivity index (χ1) is 14.5. The van der Waals surface area contributed by atoms with Crippen LogP contribution in [0.4, 0.5) is 4.79 Å². The van der Waals surface area contributed by atoms with Crippen LogP contribution >= 0.6 is 11.6 Å². The second-order valence-electron chi connectivity index (χ2n) is 8.07. The Bertz CT molecular complexity index is 925. The molecule has 0 radical (unpaired) electrons. The van der Waals surface area contributed by atoms with Crippen LogP contribution in [0.15, 0.2) is 36.5 Å². The molecule has 1 amide bonds. The van der Waals surface area contributed by atoms with Crippen molar-refractivity contribution >= 4 is 23.7 Å². The normalized spacial score (nSPS) is 19.8. The number of hydrogen-bond donors (Lipinski definition) is 1. The second-order valence-corrected chi connectivity index (χ2v) is 8.48. The molecule has 1 saturated heterocycles. The number of carbonyl (C=O) groups excluding carboxylic acids is 1. The fourth-order valence-corrected chi connectivity index (χ4v) is 4.82. The van der Waals surface area contributed by atoms with E-state index in [9.17, 15) is 9.59 Å². The molecule has 6 nitrogen and oxygen atoms in total. The number of carboxylic acid groups (broad SMARTS) is 1. The van der Waals surface area contributed by atoms with Gasteiger partial charge in [0.1, 0.15) is 0 Å². The molecule has 2 aromatic rings. The number of aromatic nitrogens is 1. The van der Waals surface area contributed by atoms with E-state index in [1.54, 1.807) is 12.3 Å². The van der Waals surface area contributed by atoms with E-state index in [-0.39, 0.29) is 17.7 Å². The summed E-state index contributed by atoms with van der Waals surface area (Å²) in [6.45, 7) is 0.861. The Hall–Kier alpha value is -2.60. The monoisotopic (exact) mass is 428 g/mol. The maximum absolute atomic E-state index is 12.9. The van der Waals surface area contributed by atoms with Gasteiger partial charge in [-0.2, -0.15) is 0 Å². The predicted octanol–water partition coefficient (Wildman–Crippen LogP) is 5.18. The van der Waals surface area contributed by atoms with E-state index < -0.39 is 6.16 Å². The molecule has 2 fully saturated rings. The lowest BCUT2D eigenvalue weighted by molar-refractivity contribution is -0.133. The molecular formula is C23H25ClN2O4. The lowest BCUT2D eigenvalue weighted by Crippen LogP contribution is -2.39. The van der Waals surface area contributed by atoms with Crippen molar-refractivity contribution in [1.29, 1.82) is 0 Å². The zero-order valence-corrected chi connectivity index (χ0v) is 17.5. The van der Waals surface area contributed by atoms with Gasteiger partial charge in [0.25, 0.3) is 0 Å². The molecule has 1 unspecified atom stereocenters. The minimum Gasteiger partial charge on any atom is -0.449 e. The van der Waals surface area contributed by atoms with E-state index in [0.29, 0.717) is 17.5 Å². The Balaban J connectivity index is 1.42. The lowest BCUT2D eigenvalue weighted by Gasteiger charge is -2.31. The SMILES string of the molecule is O=C(O)Oc1ccc(-c2ccc(CC3CCN(C4CCCCC4)C3=O)c(Cl)c2)cn1. The van der Waals surface area contributed by atoms with Crippen LogP contribution in [-0.2, 0) is 11.2 Å². The zero-order valence-electron chi connectivity index (χ0n) is 16.7. The van der Waals surface area contributed by atoms with Gasteiger partial charge in [0.15, 0.2) is 0 Å². The highest BCUT2D eigenvalue weighted by Gasteiger charge is 2.36. The molecule has 0 spiro atoms. The lowest BCUT2D eigenvalue weighted by atomic mass is 9.93. The molecule has 0 bridgehead atoms. The number of halogens is 1. The highest BCUT2D eigenvalue weighted by molar-refractivity contribution is 6.31. The third-order valence-corrected chi connectivity index (χ3v) is 6.50. The summed E-state index contributed by atoms with van der Waals surface area (Å²) in [5.41, 5.74) is 2.66. The Labute approximate surface area is 180 Å². The summed E-state index contributed by atoms with van der Waals surface area (Å²) in [4.78, 5) is 29.6. The number of likely N-dealkylation sites (tertiary alicyclic amines) is 1. The number of rotatable bonds is 5. The van der Waals surface area contributed by atoms with Crippen molar-refractivity contribution in [3.05, 3.63) is 47.1 Å². The first-order valence-corrected chi connectivity index (χ1v) is 10.8. The number of carbonyl (C=O) groups is 2. The first kappa shape index (κ1) is 20.7. The zero-order chi connectivity index (χ0) is 21.1. The number of benzene rings is 1. The highest BCUT2D eigenvalue weighted by Crippen LogP contribution is 2.33. The van der Waals surface area contributed by atoms with E-state index in [1.165, 1.54) is 25.3 Å². The summed E-state index contributed by atoms with van der Waals surface area (Å²) in [5, 5.41) is 9.27. The number of amides is 1. The van der Waals surface area contributed by atoms with Crippen molar-refractivity contribution in [3.63, 3.8) is 0 Å². The fraction of sp³-hybridized carbons (Fsp3) is 0.435. The molecule has 30 heavy (non-hydrogen) atoms. The van der Waals surface area contributed by atoms with Gasteiger partial charge in [-0.15, -0.1) is 0 Å². The Morgan fingerprint density at radius 3 is 2.57 bits per heavy atom. The van der Waals surface area contributed by atoms with Crippen LogP contribution in [-0.4, -0.2) is 39.6 Å². The largest absolute Gasteiger partial charge is 0.512 e. The topological polar surface area (TPSA) is 79.7 Å². The van der Waals surface area contributed by atoms with Gasteiger partial charge in [-0.25, -0.2) is 9.78 Å². The number of nitrogens with zero attached hydrogens (tertiary/aromatic N) is 2. The number of pyridine rings is 1. The quantitative estimate of drug-likeness (QED) is 0.663. The summed E-state index contributed by atoms with van der Waals surface area (Å²) in [5.74, 6) is 0.306. The van der Waals surface area contributed by atoms with Crippen molar-refractivity contribution in [2.24, 2.45) is 5.92 Å². The molecule has 1 aliphatic heterocycles. The first-order valence-electron chi connectivity index (χ1n) is 10.5. The molecule has 1 aliphatic carbocycles. The average molecular weight is 429 g/mol. The third-order valence-electron chi connectivity index (χ3n) is 6.15. The fourth-order valence-electron chi connectivity index (χ4n) is 4.57. The number of hydrogen-bond acceptors (Lipinski definition) is 4. The smallest absolute Gasteiger partial charge is 0.449 e. The van der Waals surface area contributed by atoms with Gasteiger partial charge in [0.05, 0.1) is 0 Å². The third kappa shape index (κ3) is 4.59. The van der Waals surface area contributed by atoms with E-state index in [4.69, 9.17) is 16.7 Å². The molecule has 1 N–H and O–H groups in total. The van der Waals surface area contributed by atoms with E-state index >= 15 is 0 Å². The second kappa shape index (κ2) is 9.04. The predicted molar refractivity (Wildman–Crippen MR) is 114 cm³/mol. The van der Waals surface area contributed by atoms with Gasteiger partial charge >= 0.3 is 6.16 Å². The molecule has 4 rings (SSSR count). The van der Waals surface area contributed by atoms with Gasteiger partial charge in [-0.05, 0) is 48.9 Å². The minimum atomic E-state index is -1.40. The van der Waals surface area contributed by atoms with Crippen LogP contribution in [0.5, 0.6) is 5.88 Å². The van der Waals surface area contributed by atoms with Crippen molar-refractivity contribution in [3.8, 4) is 17.0 Å². The van der Waals surface area contributed by atoms with Gasteiger partial charge in [0.2, 0.25) is 11.8 Å². The van der Waals surface area contributed by atoms with Crippen molar-refractivity contribution < 1.29 is 19.4 Å². The molecule has 7 heteroatoms. The molecule has 1 aromatic carbocycles. The van der Waals surface area contributed by atoms with Crippen LogP contribution < -0.4 is 4.74 Å². The minimum absolute atomic E-state index is 0.00407. The van der Waals surface area contributed by atoms with Crippen molar-refractivity contribution in [2.45, 2.75) is 51.0 Å². The molecule has 2 heterocycles. The molecule has 158 valence electrons. The van der Waals surface area contributed by atoms with Gasteiger partial charge in [-0.1, -0.05) is 43.0 Å². The van der Waals surface area contributed by atoms with Crippen LogP contribution in [0, 0.1) is 5.92 Å². The Morgan fingerprint density at radius 1 is 1.13 bits per heavy atom. The summed E-state index contributed by atoms with van der Waals surface area (Å²) >= 11 is 6.54. The van der Waals surface area contributed by atoms with Gasteiger partial charge in [-0.3, -0.25) is 4.79 Å². The van der Waals surface area contributed by atoms with E-state index in [1.807, 2.05) is 18.2 Å². The number of ether oxygens (including phenoxy) is 1. The van der Waals surface area contributed by atoms with Gasteiger partial charge < -0.3 is 14.7 Å². The maximum Gasteiger partial charge on any atom is 0.512 e. The maximum atomic E-state index is 12.9. The Kier molecular flexibility index (Phi) is 6.23. The molecule has 1 saturated carbocycles. The van der Waals surface area contributed by atoms with E-state index in [0.717, 1.165) is 42.5 Å². The Morgan fingerprint density at radius 2 is 1.90 bits per heavy atom. The summed E-state index contributed by atoms with van der Waals surface area (Å²) in [6.07, 6.45) is 7.71. The van der Waals surface area contributed by atoms with E-state index in [2.05, 4.69) is 14.6 Å². The van der Waals surface area contributed by atoms with Crippen molar-refractivity contribution in [2.75, 3.05) is 6.54 Å². The standard InChI is InChI=1S/C23H25ClN2O4/c24-20-13-15(18-8-9-21(25-14-18)30-23(28)29)6-7-16(20)12-17-10-11-26(22(17)27)19-4-2-1-3-5-19/h6-9,13-14,17,19H,1-5,10-12H2,(H,28,29). The van der Waals surface area contributed by atoms with Crippen molar-refractivity contribution in [1.82, 2.24) is 9.88 Å². The molecule has 1 aromatic heterocycles. The summed E-state index contributed by atoms with van der Waals surface area (Å²) in [7, 11) is 0. The van der Waals surface area contributed by atoms with Crippen LogP contribution in [0.3, 0.4) is 0 Å².